The average Bonchev–Trinajstić information content (AvgIpc) is 2.65. The maximum Gasteiger partial charge on any atom is 0.534 e. The summed E-state index contributed by atoms with van der Waals surface area (Å²) < 4.78 is 75.8. The Hall–Kier alpha value is -2.26. The summed E-state index contributed by atoms with van der Waals surface area (Å²) in [6, 6.07) is 8.43. The van der Waals surface area contributed by atoms with Gasteiger partial charge in [0.15, 0.2) is 6.79 Å². The minimum Gasteiger partial charge on any atom is -0.467 e. The van der Waals surface area contributed by atoms with Crippen molar-refractivity contribution >= 4 is 10.1 Å². The molecule has 5 nitrogen and oxygen atoms in total. The summed E-state index contributed by atoms with van der Waals surface area (Å²) in [7, 11) is -4.21. The van der Waals surface area contributed by atoms with Crippen LogP contribution in [0.2, 0.25) is 0 Å². The van der Waals surface area contributed by atoms with Crippen LogP contribution in [-0.2, 0) is 21.3 Å². The minimum atomic E-state index is -5.74. The SMILES string of the molecule is COCOc1ccc(Cc2c(C)ccc(OS(=O)(=O)C(F)(F)F)c2C)cc1C(C)C. The number of halogens is 3. The second kappa shape index (κ2) is 9.26. The van der Waals surface area contributed by atoms with Crippen molar-refractivity contribution in [3.8, 4) is 11.5 Å². The Bertz CT molecular complexity index is 998. The highest BCUT2D eigenvalue weighted by atomic mass is 32.2. The normalized spacial score (nSPS) is 12.3. The zero-order valence-corrected chi connectivity index (χ0v) is 18.3. The molecule has 0 aromatic heterocycles. The molecule has 9 heteroatoms. The molecule has 0 saturated carbocycles. The largest absolute Gasteiger partial charge is 0.534 e. The molecule has 0 aliphatic rings. The van der Waals surface area contributed by atoms with E-state index >= 15 is 0 Å². The summed E-state index contributed by atoms with van der Waals surface area (Å²) >= 11 is 0. The highest BCUT2D eigenvalue weighted by Gasteiger charge is 2.48. The lowest BCUT2D eigenvalue weighted by Crippen LogP contribution is -2.28. The van der Waals surface area contributed by atoms with E-state index in [1.165, 1.54) is 13.2 Å². The van der Waals surface area contributed by atoms with E-state index in [-0.39, 0.29) is 18.5 Å². The quantitative estimate of drug-likeness (QED) is 0.316. The van der Waals surface area contributed by atoms with Gasteiger partial charge >= 0.3 is 15.6 Å². The van der Waals surface area contributed by atoms with Crippen molar-refractivity contribution in [2.45, 2.75) is 45.5 Å². The van der Waals surface area contributed by atoms with E-state index in [0.717, 1.165) is 16.7 Å². The van der Waals surface area contributed by atoms with Crippen LogP contribution in [-0.4, -0.2) is 27.8 Å². The Morgan fingerprint density at radius 3 is 2.23 bits per heavy atom. The van der Waals surface area contributed by atoms with Crippen molar-refractivity contribution in [3.63, 3.8) is 0 Å². The number of rotatable bonds is 8. The monoisotopic (exact) mass is 446 g/mol. The Balaban J connectivity index is 2.40. The van der Waals surface area contributed by atoms with Gasteiger partial charge in [0.05, 0.1) is 0 Å². The standard InChI is InChI=1S/C21H25F3O5S/c1-13(2)17-10-16(7-9-20(17)28-12-27-5)11-18-14(3)6-8-19(15(18)4)29-30(25,26)21(22,23)24/h6-10,13H,11-12H2,1-5H3. The first-order chi connectivity index (χ1) is 13.9. The minimum absolute atomic E-state index is 0.115. The number of alkyl halides is 3. The Morgan fingerprint density at radius 1 is 1.03 bits per heavy atom. The second-order valence-corrected chi connectivity index (χ2v) is 8.76. The van der Waals surface area contributed by atoms with E-state index in [2.05, 4.69) is 4.18 Å². The fourth-order valence-electron chi connectivity index (χ4n) is 3.02. The first-order valence-corrected chi connectivity index (χ1v) is 10.6. The molecule has 0 spiro atoms. The molecule has 0 heterocycles. The highest BCUT2D eigenvalue weighted by Crippen LogP contribution is 2.33. The highest BCUT2D eigenvalue weighted by molar-refractivity contribution is 7.88. The lowest BCUT2D eigenvalue weighted by Gasteiger charge is -2.18. The van der Waals surface area contributed by atoms with Gasteiger partial charge in [-0.05, 0) is 66.1 Å². The van der Waals surface area contributed by atoms with Gasteiger partial charge in [-0.2, -0.15) is 21.6 Å². The van der Waals surface area contributed by atoms with E-state index < -0.39 is 15.6 Å². The first kappa shape index (κ1) is 24.0. The predicted octanol–water partition coefficient (Wildman–Crippen LogP) is 5.23. The molecular weight excluding hydrogens is 421 g/mol. The zero-order chi connectivity index (χ0) is 22.7. The molecule has 0 aliphatic carbocycles. The van der Waals surface area contributed by atoms with Gasteiger partial charge in [-0.25, -0.2) is 0 Å². The number of ether oxygens (including phenoxy) is 2. The van der Waals surface area contributed by atoms with Gasteiger partial charge < -0.3 is 13.7 Å². The molecule has 0 atom stereocenters. The van der Waals surface area contributed by atoms with E-state index in [0.29, 0.717) is 23.3 Å². The predicted molar refractivity (Wildman–Crippen MR) is 107 cm³/mol. The van der Waals surface area contributed by atoms with Crippen LogP contribution in [0.5, 0.6) is 11.5 Å². The molecule has 2 rings (SSSR count). The maximum atomic E-state index is 12.7. The number of methoxy groups -OCH3 is 1. The van der Waals surface area contributed by atoms with Crippen LogP contribution < -0.4 is 8.92 Å². The molecule has 0 saturated heterocycles. The van der Waals surface area contributed by atoms with Crippen molar-refractivity contribution in [2.75, 3.05) is 13.9 Å². The van der Waals surface area contributed by atoms with Gasteiger partial charge in [0.1, 0.15) is 11.5 Å². The van der Waals surface area contributed by atoms with Crippen LogP contribution in [0.3, 0.4) is 0 Å². The third-order valence-corrected chi connectivity index (χ3v) is 5.64. The molecule has 0 fully saturated rings. The van der Waals surface area contributed by atoms with Crippen LogP contribution in [0.15, 0.2) is 30.3 Å². The van der Waals surface area contributed by atoms with E-state index in [1.54, 1.807) is 13.0 Å². The molecule has 30 heavy (non-hydrogen) atoms. The average molecular weight is 446 g/mol. The molecule has 0 N–H and O–H groups in total. The molecule has 0 aliphatic heterocycles. The van der Waals surface area contributed by atoms with Crippen LogP contribution in [0, 0.1) is 13.8 Å². The summed E-state index contributed by atoms with van der Waals surface area (Å²) in [4.78, 5) is 0. The summed E-state index contributed by atoms with van der Waals surface area (Å²) in [5.41, 5.74) is -1.76. The van der Waals surface area contributed by atoms with Crippen LogP contribution >= 0.6 is 0 Å². The molecule has 0 unspecified atom stereocenters. The van der Waals surface area contributed by atoms with Gasteiger partial charge in [0, 0.05) is 7.11 Å². The summed E-state index contributed by atoms with van der Waals surface area (Å²) in [5, 5.41) is 0. The Morgan fingerprint density at radius 2 is 1.67 bits per heavy atom. The maximum absolute atomic E-state index is 12.7. The molecule has 0 bridgehead atoms. The van der Waals surface area contributed by atoms with Gasteiger partial charge in [-0.3, -0.25) is 0 Å². The number of hydrogen-bond donors (Lipinski definition) is 0. The third-order valence-electron chi connectivity index (χ3n) is 4.68. The topological polar surface area (TPSA) is 61.8 Å². The zero-order valence-electron chi connectivity index (χ0n) is 17.5. The number of benzene rings is 2. The Kier molecular flexibility index (Phi) is 7.41. The van der Waals surface area contributed by atoms with Crippen LogP contribution in [0.25, 0.3) is 0 Å². The number of aryl methyl sites for hydroxylation is 1. The van der Waals surface area contributed by atoms with Gasteiger partial charge in [0.25, 0.3) is 0 Å². The van der Waals surface area contributed by atoms with Crippen molar-refractivity contribution < 1.29 is 35.2 Å². The second-order valence-electron chi connectivity index (χ2n) is 7.22. The first-order valence-electron chi connectivity index (χ1n) is 9.21. The third kappa shape index (κ3) is 5.46. The van der Waals surface area contributed by atoms with E-state index in [4.69, 9.17) is 9.47 Å². The van der Waals surface area contributed by atoms with Gasteiger partial charge in [-0.1, -0.05) is 32.0 Å². The van der Waals surface area contributed by atoms with Gasteiger partial charge in [-0.15, -0.1) is 0 Å². The van der Waals surface area contributed by atoms with Crippen molar-refractivity contribution in [2.24, 2.45) is 0 Å². The Labute approximate surface area is 174 Å². The lowest BCUT2D eigenvalue weighted by atomic mass is 9.92. The fraction of sp³-hybridized carbons (Fsp3) is 0.429. The van der Waals surface area contributed by atoms with Crippen molar-refractivity contribution in [1.29, 1.82) is 0 Å². The molecule has 2 aromatic carbocycles. The lowest BCUT2D eigenvalue weighted by molar-refractivity contribution is -0.0500. The van der Waals surface area contributed by atoms with Gasteiger partial charge in [0.2, 0.25) is 0 Å². The smallest absolute Gasteiger partial charge is 0.467 e. The number of hydrogen-bond acceptors (Lipinski definition) is 5. The van der Waals surface area contributed by atoms with Crippen LogP contribution in [0.4, 0.5) is 13.2 Å². The fourth-order valence-corrected chi connectivity index (χ4v) is 3.53. The summed E-state index contributed by atoms with van der Waals surface area (Å²) in [6.45, 7) is 7.51. The summed E-state index contributed by atoms with van der Waals surface area (Å²) in [6.07, 6.45) is 0.394. The molecule has 2 aromatic rings. The molecule has 166 valence electrons. The molecule has 0 radical (unpaired) electrons. The molecule has 0 amide bonds. The van der Waals surface area contributed by atoms with Crippen LogP contribution in [0.1, 0.15) is 47.6 Å². The van der Waals surface area contributed by atoms with Crippen molar-refractivity contribution in [1.82, 2.24) is 0 Å². The molecular formula is C21H25F3O5S. The summed E-state index contributed by atoms with van der Waals surface area (Å²) in [5.74, 6) is 0.528. The van der Waals surface area contributed by atoms with E-state index in [1.807, 2.05) is 39.0 Å². The van der Waals surface area contributed by atoms with E-state index in [9.17, 15) is 21.6 Å². The van der Waals surface area contributed by atoms with Crippen molar-refractivity contribution in [3.05, 3.63) is 58.1 Å².